The summed E-state index contributed by atoms with van der Waals surface area (Å²) < 4.78 is 11.0. The normalized spacial score (nSPS) is 11.0. The Morgan fingerprint density at radius 2 is 1.95 bits per heavy atom. The summed E-state index contributed by atoms with van der Waals surface area (Å²) in [5.41, 5.74) is 8.65. The largest absolute Gasteiger partial charge is 0.398 e. The number of pyridine rings is 1. The van der Waals surface area contributed by atoms with Crippen LogP contribution in [0.25, 0.3) is 10.9 Å². The van der Waals surface area contributed by atoms with Crippen molar-refractivity contribution in [2.75, 3.05) is 25.6 Å². The molecule has 2 rings (SSSR count). The Morgan fingerprint density at radius 1 is 1.11 bits per heavy atom. The highest BCUT2D eigenvalue weighted by molar-refractivity contribution is 5.92. The number of nitrogens with zero attached hydrogens (tertiary/aromatic N) is 1. The van der Waals surface area contributed by atoms with Crippen molar-refractivity contribution in [2.24, 2.45) is 0 Å². The molecule has 19 heavy (non-hydrogen) atoms. The summed E-state index contributed by atoms with van der Waals surface area (Å²) in [4.78, 5) is 4.38. The molecule has 102 valence electrons. The van der Waals surface area contributed by atoms with E-state index in [2.05, 4.69) is 11.9 Å². The molecule has 0 fully saturated rings. The highest BCUT2D eigenvalue weighted by atomic mass is 16.5. The molecule has 0 unspecified atom stereocenters. The van der Waals surface area contributed by atoms with E-state index in [1.54, 1.807) is 6.20 Å². The van der Waals surface area contributed by atoms with Crippen LogP contribution in [0.5, 0.6) is 0 Å². The third-order valence-electron chi connectivity index (χ3n) is 2.86. The van der Waals surface area contributed by atoms with E-state index in [1.807, 2.05) is 24.3 Å². The molecular formula is C15H20N2O2. The van der Waals surface area contributed by atoms with Gasteiger partial charge in [0.2, 0.25) is 0 Å². The first kappa shape index (κ1) is 13.8. The minimum atomic E-state index is 0.531. The molecular weight excluding hydrogens is 240 g/mol. The molecule has 0 radical (unpaired) electrons. The van der Waals surface area contributed by atoms with Gasteiger partial charge in [-0.1, -0.05) is 13.0 Å². The van der Waals surface area contributed by atoms with Crippen LogP contribution >= 0.6 is 0 Å². The average Bonchev–Trinajstić information content (AvgIpc) is 2.45. The zero-order valence-corrected chi connectivity index (χ0v) is 11.3. The molecule has 0 spiro atoms. The molecule has 1 aromatic carbocycles. The number of hydrogen-bond acceptors (Lipinski definition) is 4. The SMILES string of the molecule is CCCOCCOCc1ccc(N)c2cccnc12. The minimum Gasteiger partial charge on any atom is -0.398 e. The number of nitrogens with two attached hydrogens (primary N) is 1. The third-order valence-corrected chi connectivity index (χ3v) is 2.86. The topological polar surface area (TPSA) is 57.4 Å². The molecule has 4 heteroatoms. The molecule has 0 amide bonds. The van der Waals surface area contributed by atoms with Crippen LogP contribution in [0.4, 0.5) is 5.69 Å². The molecule has 0 aliphatic heterocycles. The van der Waals surface area contributed by atoms with Crippen LogP contribution in [0.3, 0.4) is 0 Å². The van der Waals surface area contributed by atoms with Crippen molar-refractivity contribution in [3.8, 4) is 0 Å². The van der Waals surface area contributed by atoms with Gasteiger partial charge >= 0.3 is 0 Å². The molecule has 0 aliphatic rings. The Morgan fingerprint density at radius 3 is 2.79 bits per heavy atom. The second-order valence-corrected chi connectivity index (χ2v) is 4.38. The summed E-state index contributed by atoms with van der Waals surface area (Å²) in [6, 6.07) is 7.74. The summed E-state index contributed by atoms with van der Waals surface area (Å²) in [7, 11) is 0. The van der Waals surface area contributed by atoms with Gasteiger partial charge < -0.3 is 15.2 Å². The fourth-order valence-electron chi connectivity index (χ4n) is 1.92. The van der Waals surface area contributed by atoms with E-state index in [4.69, 9.17) is 15.2 Å². The van der Waals surface area contributed by atoms with Crippen molar-refractivity contribution in [3.05, 3.63) is 36.0 Å². The van der Waals surface area contributed by atoms with Gasteiger partial charge in [0.1, 0.15) is 0 Å². The van der Waals surface area contributed by atoms with Crippen molar-refractivity contribution in [2.45, 2.75) is 20.0 Å². The van der Waals surface area contributed by atoms with Crippen LogP contribution in [0.1, 0.15) is 18.9 Å². The monoisotopic (exact) mass is 260 g/mol. The summed E-state index contributed by atoms with van der Waals surface area (Å²) in [5, 5.41) is 0.978. The summed E-state index contributed by atoms with van der Waals surface area (Å²) in [6.07, 6.45) is 2.81. The lowest BCUT2D eigenvalue weighted by Gasteiger charge is -2.09. The van der Waals surface area contributed by atoms with Gasteiger partial charge in [0.05, 0.1) is 25.3 Å². The number of anilines is 1. The number of benzene rings is 1. The van der Waals surface area contributed by atoms with Gasteiger partial charge in [-0.3, -0.25) is 4.98 Å². The quantitative estimate of drug-likeness (QED) is 0.614. The molecule has 2 aromatic rings. The zero-order valence-electron chi connectivity index (χ0n) is 11.3. The predicted molar refractivity (Wildman–Crippen MR) is 76.9 cm³/mol. The lowest BCUT2D eigenvalue weighted by molar-refractivity contribution is 0.0411. The van der Waals surface area contributed by atoms with Crippen LogP contribution in [0, 0.1) is 0 Å². The van der Waals surface area contributed by atoms with E-state index in [9.17, 15) is 0 Å². The Kier molecular flexibility index (Phi) is 5.12. The van der Waals surface area contributed by atoms with Crippen LogP contribution in [-0.4, -0.2) is 24.8 Å². The summed E-state index contributed by atoms with van der Waals surface area (Å²) >= 11 is 0. The smallest absolute Gasteiger partial charge is 0.0777 e. The van der Waals surface area contributed by atoms with Crippen LogP contribution in [0.15, 0.2) is 30.5 Å². The second-order valence-electron chi connectivity index (χ2n) is 4.38. The first-order chi connectivity index (χ1) is 9.33. The molecule has 0 bridgehead atoms. The van der Waals surface area contributed by atoms with Crippen molar-refractivity contribution < 1.29 is 9.47 Å². The number of aromatic nitrogens is 1. The molecule has 0 atom stereocenters. The number of nitrogen functional groups attached to an aromatic ring is 1. The van der Waals surface area contributed by atoms with Gasteiger partial charge in [-0.25, -0.2) is 0 Å². The van der Waals surface area contributed by atoms with Gasteiger partial charge in [-0.15, -0.1) is 0 Å². The number of hydrogen-bond donors (Lipinski definition) is 1. The maximum absolute atomic E-state index is 5.93. The van der Waals surface area contributed by atoms with E-state index in [-0.39, 0.29) is 0 Å². The maximum Gasteiger partial charge on any atom is 0.0777 e. The maximum atomic E-state index is 5.93. The molecule has 0 saturated carbocycles. The Labute approximate surface area is 113 Å². The Balaban J connectivity index is 1.96. The summed E-state index contributed by atoms with van der Waals surface area (Å²) in [6.45, 7) is 4.64. The first-order valence-corrected chi connectivity index (χ1v) is 6.60. The average molecular weight is 260 g/mol. The second kappa shape index (κ2) is 7.07. The van der Waals surface area contributed by atoms with Crippen molar-refractivity contribution in [1.82, 2.24) is 4.98 Å². The van der Waals surface area contributed by atoms with Gasteiger partial charge in [0.15, 0.2) is 0 Å². The van der Waals surface area contributed by atoms with E-state index >= 15 is 0 Å². The minimum absolute atomic E-state index is 0.531. The van der Waals surface area contributed by atoms with Crippen molar-refractivity contribution >= 4 is 16.6 Å². The third kappa shape index (κ3) is 3.66. The number of fused-ring (bicyclic) bond motifs is 1. The van der Waals surface area contributed by atoms with Crippen molar-refractivity contribution in [1.29, 1.82) is 0 Å². The molecule has 1 heterocycles. The lowest BCUT2D eigenvalue weighted by atomic mass is 10.1. The van der Waals surface area contributed by atoms with Gasteiger partial charge in [-0.2, -0.15) is 0 Å². The molecule has 0 aliphatic carbocycles. The van der Waals surface area contributed by atoms with E-state index in [1.165, 1.54) is 0 Å². The van der Waals surface area contributed by atoms with Crippen LogP contribution in [0.2, 0.25) is 0 Å². The first-order valence-electron chi connectivity index (χ1n) is 6.60. The Hall–Kier alpha value is -1.65. The van der Waals surface area contributed by atoms with Crippen LogP contribution in [-0.2, 0) is 16.1 Å². The predicted octanol–water partition coefficient (Wildman–Crippen LogP) is 2.76. The summed E-state index contributed by atoms with van der Waals surface area (Å²) in [5.74, 6) is 0. The molecule has 4 nitrogen and oxygen atoms in total. The molecule has 2 N–H and O–H groups in total. The van der Waals surface area contributed by atoms with Gasteiger partial charge in [-0.05, 0) is 24.6 Å². The van der Waals surface area contributed by atoms with Gasteiger partial charge in [0, 0.05) is 29.4 Å². The fraction of sp³-hybridized carbons (Fsp3) is 0.400. The number of rotatable bonds is 7. The van der Waals surface area contributed by atoms with E-state index in [0.29, 0.717) is 19.8 Å². The standard InChI is InChI=1S/C15H20N2O2/c1-2-8-18-9-10-19-11-12-5-6-14(16)13-4-3-7-17-15(12)13/h3-7H,2,8-11,16H2,1H3. The van der Waals surface area contributed by atoms with Crippen molar-refractivity contribution in [3.63, 3.8) is 0 Å². The van der Waals surface area contributed by atoms with Gasteiger partial charge in [0.25, 0.3) is 0 Å². The van der Waals surface area contributed by atoms with Crippen LogP contribution < -0.4 is 5.73 Å². The lowest BCUT2D eigenvalue weighted by Crippen LogP contribution is -2.05. The Bertz CT molecular complexity index is 529. The highest BCUT2D eigenvalue weighted by Crippen LogP contribution is 2.22. The van der Waals surface area contributed by atoms with E-state index < -0.39 is 0 Å². The number of ether oxygens (including phenoxy) is 2. The zero-order chi connectivity index (χ0) is 13.5. The van der Waals surface area contributed by atoms with E-state index in [0.717, 1.165) is 35.2 Å². The fourth-order valence-corrected chi connectivity index (χ4v) is 1.92. The molecule has 1 aromatic heterocycles. The molecule has 0 saturated heterocycles. The highest BCUT2D eigenvalue weighted by Gasteiger charge is 2.04.